The number of rotatable bonds is 5. The molecule has 0 aliphatic carbocycles. The normalized spacial score (nSPS) is 12.2. The third kappa shape index (κ3) is 2.67. The van der Waals surface area contributed by atoms with Gasteiger partial charge in [0.15, 0.2) is 6.10 Å². The average molecular weight is 241 g/mol. The Balaban J connectivity index is 2.31. The highest BCUT2D eigenvalue weighted by molar-refractivity contribution is 5.86. The van der Waals surface area contributed by atoms with Crippen LogP contribution in [0.3, 0.4) is 0 Å². The Hall–Kier alpha value is -1.89. The van der Waals surface area contributed by atoms with E-state index in [-0.39, 0.29) is 6.61 Å². The van der Waals surface area contributed by atoms with Crippen molar-refractivity contribution in [2.45, 2.75) is 12.5 Å². The van der Waals surface area contributed by atoms with Crippen LogP contribution in [0.25, 0.3) is 10.8 Å². The Morgan fingerprint density at radius 3 is 2.72 bits per heavy atom. The fourth-order valence-electron chi connectivity index (χ4n) is 1.94. The lowest BCUT2D eigenvalue weighted by Crippen LogP contribution is -2.05. The van der Waals surface area contributed by atoms with Gasteiger partial charge in [-0.25, -0.2) is 0 Å². The summed E-state index contributed by atoms with van der Waals surface area (Å²) in [6.45, 7) is 0.464. The number of ether oxygens (including phenoxy) is 1. The average Bonchev–Trinajstić information content (AvgIpc) is 2.43. The van der Waals surface area contributed by atoms with E-state index >= 15 is 0 Å². The Labute approximate surface area is 106 Å². The van der Waals surface area contributed by atoms with Gasteiger partial charge in [0.25, 0.3) is 0 Å². The Kier molecular flexibility index (Phi) is 4.30. The van der Waals surface area contributed by atoms with E-state index in [2.05, 4.69) is 6.07 Å². The lowest BCUT2D eigenvalue weighted by Gasteiger charge is -2.13. The number of fused-ring (bicyclic) bond motifs is 1. The summed E-state index contributed by atoms with van der Waals surface area (Å²) in [6.07, 6.45) is -0.0363. The van der Waals surface area contributed by atoms with Crippen LogP contribution in [-0.4, -0.2) is 18.3 Å². The van der Waals surface area contributed by atoms with Gasteiger partial charge in [0.05, 0.1) is 12.7 Å². The van der Waals surface area contributed by atoms with Crippen molar-refractivity contribution in [1.29, 1.82) is 5.26 Å². The van der Waals surface area contributed by atoms with Gasteiger partial charge in [-0.15, -0.1) is 0 Å². The highest BCUT2D eigenvalue weighted by atomic mass is 16.5. The van der Waals surface area contributed by atoms with Crippen LogP contribution in [0.1, 0.15) is 18.1 Å². The second-order valence-electron chi connectivity index (χ2n) is 4.03. The first-order valence-electron chi connectivity index (χ1n) is 5.96. The highest BCUT2D eigenvalue weighted by Gasteiger charge is 2.13. The molecule has 3 heteroatoms. The van der Waals surface area contributed by atoms with Crippen LogP contribution in [0, 0.1) is 11.3 Å². The molecule has 92 valence electrons. The molecule has 0 saturated heterocycles. The second-order valence-corrected chi connectivity index (χ2v) is 4.03. The number of hydrogen-bond acceptors (Lipinski definition) is 3. The van der Waals surface area contributed by atoms with Gasteiger partial charge >= 0.3 is 0 Å². The van der Waals surface area contributed by atoms with E-state index in [4.69, 9.17) is 9.84 Å². The van der Waals surface area contributed by atoms with E-state index in [0.29, 0.717) is 13.0 Å². The summed E-state index contributed by atoms with van der Waals surface area (Å²) in [6, 6.07) is 16.0. The molecule has 3 nitrogen and oxygen atoms in total. The molecule has 1 N–H and O–H groups in total. The van der Waals surface area contributed by atoms with E-state index < -0.39 is 6.10 Å². The van der Waals surface area contributed by atoms with Gasteiger partial charge in [0, 0.05) is 12.2 Å². The van der Waals surface area contributed by atoms with Crippen LogP contribution in [0.5, 0.6) is 0 Å². The summed E-state index contributed by atoms with van der Waals surface area (Å²) in [7, 11) is 0. The van der Waals surface area contributed by atoms with Crippen molar-refractivity contribution in [3.63, 3.8) is 0 Å². The molecule has 0 aliphatic rings. The molecule has 1 unspecified atom stereocenters. The monoisotopic (exact) mass is 241 g/mol. The molecule has 0 amide bonds. The molecular formula is C15H15NO2. The van der Waals surface area contributed by atoms with Crippen molar-refractivity contribution in [2.75, 3.05) is 13.2 Å². The molecule has 0 spiro atoms. The van der Waals surface area contributed by atoms with Crippen molar-refractivity contribution in [2.24, 2.45) is 0 Å². The van der Waals surface area contributed by atoms with Gasteiger partial charge in [0.1, 0.15) is 0 Å². The molecule has 0 bridgehead atoms. The van der Waals surface area contributed by atoms with Crippen LogP contribution in [0.2, 0.25) is 0 Å². The largest absolute Gasteiger partial charge is 0.396 e. The predicted octanol–water partition coefficient (Wildman–Crippen LogP) is 2.80. The van der Waals surface area contributed by atoms with Crippen molar-refractivity contribution in [3.05, 3.63) is 48.0 Å². The summed E-state index contributed by atoms with van der Waals surface area (Å²) in [5, 5.41) is 20.1. The first kappa shape index (κ1) is 12.6. The summed E-state index contributed by atoms with van der Waals surface area (Å²) in [4.78, 5) is 0. The lowest BCUT2D eigenvalue weighted by molar-refractivity contribution is 0.0782. The molecule has 2 aromatic rings. The smallest absolute Gasteiger partial charge is 0.169 e. The molecule has 0 fully saturated rings. The van der Waals surface area contributed by atoms with Crippen molar-refractivity contribution < 1.29 is 9.84 Å². The molecule has 18 heavy (non-hydrogen) atoms. The van der Waals surface area contributed by atoms with E-state index in [1.807, 2.05) is 42.5 Å². The van der Waals surface area contributed by atoms with Gasteiger partial charge in [-0.1, -0.05) is 42.5 Å². The molecule has 0 saturated carbocycles. The third-order valence-electron chi connectivity index (χ3n) is 2.81. The third-order valence-corrected chi connectivity index (χ3v) is 2.81. The van der Waals surface area contributed by atoms with Crippen LogP contribution in [-0.2, 0) is 4.74 Å². The predicted molar refractivity (Wildman–Crippen MR) is 70.0 cm³/mol. The zero-order valence-corrected chi connectivity index (χ0v) is 10.0. The van der Waals surface area contributed by atoms with Crippen LogP contribution in [0.4, 0.5) is 0 Å². The quantitative estimate of drug-likeness (QED) is 0.819. The zero-order chi connectivity index (χ0) is 12.8. The van der Waals surface area contributed by atoms with Gasteiger partial charge in [0.2, 0.25) is 0 Å². The molecule has 0 radical (unpaired) electrons. The molecule has 0 aliphatic heterocycles. The van der Waals surface area contributed by atoms with Gasteiger partial charge in [-0.3, -0.25) is 0 Å². The van der Waals surface area contributed by atoms with Crippen LogP contribution in [0.15, 0.2) is 42.5 Å². The maximum Gasteiger partial charge on any atom is 0.169 e. The summed E-state index contributed by atoms with van der Waals surface area (Å²) < 4.78 is 5.50. The van der Waals surface area contributed by atoms with Crippen LogP contribution < -0.4 is 0 Å². The molecule has 1 atom stereocenters. The molecular weight excluding hydrogens is 226 g/mol. The minimum absolute atomic E-state index is 0.0771. The fourth-order valence-corrected chi connectivity index (χ4v) is 1.94. The minimum atomic E-state index is -0.581. The Bertz CT molecular complexity index is 554. The SMILES string of the molecule is N#CC(OCCCO)c1cccc2ccccc12. The number of hydrogen-bond donors (Lipinski definition) is 1. The number of aliphatic hydroxyl groups excluding tert-OH is 1. The summed E-state index contributed by atoms with van der Waals surface area (Å²) in [5.41, 5.74) is 0.883. The van der Waals surface area contributed by atoms with Crippen molar-refractivity contribution in [3.8, 4) is 6.07 Å². The van der Waals surface area contributed by atoms with E-state index in [1.165, 1.54) is 0 Å². The van der Waals surface area contributed by atoms with Gasteiger partial charge < -0.3 is 9.84 Å². The van der Waals surface area contributed by atoms with E-state index in [0.717, 1.165) is 16.3 Å². The van der Waals surface area contributed by atoms with Crippen molar-refractivity contribution in [1.82, 2.24) is 0 Å². The van der Waals surface area contributed by atoms with Crippen molar-refractivity contribution >= 4 is 10.8 Å². The van der Waals surface area contributed by atoms with Gasteiger partial charge in [-0.05, 0) is 17.2 Å². The van der Waals surface area contributed by atoms with E-state index in [1.54, 1.807) is 0 Å². The molecule has 0 aromatic heterocycles. The van der Waals surface area contributed by atoms with Gasteiger partial charge in [-0.2, -0.15) is 5.26 Å². The molecule has 2 aromatic carbocycles. The maximum atomic E-state index is 9.20. The standard InChI is InChI=1S/C15H15NO2/c16-11-15(18-10-4-9-17)14-8-3-6-12-5-1-2-7-13(12)14/h1-3,5-8,15,17H,4,9-10H2. The van der Waals surface area contributed by atoms with Crippen LogP contribution >= 0.6 is 0 Å². The fraction of sp³-hybridized carbons (Fsp3) is 0.267. The highest BCUT2D eigenvalue weighted by Crippen LogP contribution is 2.26. The Morgan fingerprint density at radius 2 is 1.94 bits per heavy atom. The Morgan fingerprint density at radius 1 is 1.17 bits per heavy atom. The second kappa shape index (κ2) is 6.15. The van der Waals surface area contributed by atoms with E-state index in [9.17, 15) is 5.26 Å². The number of nitriles is 1. The first-order chi connectivity index (χ1) is 8.86. The molecule has 0 heterocycles. The molecule has 2 rings (SSSR count). The number of aliphatic hydroxyl groups is 1. The number of benzene rings is 2. The summed E-state index contributed by atoms with van der Waals surface area (Å²) in [5.74, 6) is 0. The summed E-state index contributed by atoms with van der Waals surface area (Å²) >= 11 is 0. The topological polar surface area (TPSA) is 53.2 Å². The lowest BCUT2D eigenvalue weighted by atomic mass is 10.0. The minimum Gasteiger partial charge on any atom is -0.396 e. The first-order valence-corrected chi connectivity index (χ1v) is 5.96. The maximum absolute atomic E-state index is 9.20. The number of nitrogens with zero attached hydrogens (tertiary/aromatic N) is 1. The zero-order valence-electron chi connectivity index (χ0n) is 10.0.